The zero-order chi connectivity index (χ0) is 12.6. The molecule has 0 rings (SSSR count). The third-order valence-corrected chi connectivity index (χ3v) is 3.02. The Balaban J connectivity index is 4.41. The molecule has 0 aliphatic rings. The molecule has 3 nitrogen and oxygen atoms in total. The first-order valence-electron chi connectivity index (χ1n) is 6.22. The Morgan fingerprint density at radius 2 is 1.81 bits per heavy atom. The third-order valence-electron chi connectivity index (χ3n) is 3.02. The van der Waals surface area contributed by atoms with Crippen LogP contribution in [0.4, 0.5) is 0 Å². The molecule has 0 N–H and O–H groups in total. The fraction of sp³-hybridized carbons (Fsp3) is 0.846. The van der Waals surface area contributed by atoms with Gasteiger partial charge in [-0.2, -0.15) is 5.26 Å². The summed E-state index contributed by atoms with van der Waals surface area (Å²) >= 11 is 0. The van der Waals surface area contributed by atoms with Crippen LogP contribution in [0.3, 0.4) is 0 Å². The molecule has 0 heterocycles. The summed E-state index contributed by atoms with van der Waals surface area (Å²) in [5.74, 6) is 0.340. The molecule has 0 spiro atoms. The van der Waals surface area contributed by atoms with Crippen molar-refractivity contribution >= 4 is 5.91 Å². The van der Waals surface area contributed by atoms with Gasteiger partial charge in [-0.25, -0.2) is 0 Å². The standard InChI is InChI=1S/C13H24N2O/c1-5-7-12(8-6-2)13(16)15(4)11(3)9-10-14/h11-12H,5-9H2,1-4H3. The molecular weight excluding hydrogens is 200 g/mol. The van der Waals surface area contributed by atoms with Crippen LogP contribution < -0.4 is 0 Å². The Kier molecular flexibility index (Phi) is 7.62. The van der Waals surface area contributed by atoms with Crippen LogP contribution >= 0.6 is 0 Å². The summed E-state index contributed by atoms with van der Waals surface area (Å²) in [5, 5.41) is 8.62. The topological polar surface area (TPSA) is 44.1 Å². The molecule has 1 atom stereocenters. The van der Waals surface area contributed by atoms with E-state index in [0.717, 1.165) is 25.7 Å². The number of carbonyl (C=O) groups excluding carboxylic acids is 1. The fourth-order valence-electron chi connectivity index (χ4n) is 1.86. The summed E-state index contributed by atoms with van der Waals surface area (Å²) in [4.78, 5) is 13.9. The molecule has 1 amide bonds. The minimum Gasteiger partial charge on any atom is -0.342 e. The molecule has 0 saturated carbocycles. The molecule has 0 aromatic carbocycles. The van der Waals surface area contributed by atoms with Gasteiger partial charge in [0.25, 0.3) is 0 Å². The van der Waals surface area contributed by atoms with Crippen LogP contribution in [0, 0.1) is 17.2 Å². The van der Waals surface area contributed by atoms with Crippen LogP contribution in [0.25, 0.3) is 0 Å². The Morgan fingerprint density at radius 1 is 1.31 bits per heavy atom. The van der Waals surface area contributed by atoms with Gasteiger partial charge in [0.1, 0.15) is 0 Å². The van der Waals surface area contributed by atoms with E-state index in [9.17, 15) is 4.79 Å². The average molecular weight is 224 g/mol. The molecule has 3 heteroatoms. The number of hydrogen-bond acceptors (Lipinski definition) is 2. The summed E-state index contributed by atoms with van der Waals surface area (Å²) < 4.78 is 0. The normalized spacial score (nSPS) is 12.2. The van der Waals surface area contributed by atoms with Gasteiger partial charge in [-0.3, -0.25) is 4.79 Å². The van der Waals surface area contributed by atoms with Crippen molar-refractivity contribution in [1.82, 2.24) is 4.90 Å². The van der Waals surface area contributed by atoms with E-state index < -0.39 is 0 Å². The minimum absolute atomic E-state index is 0.0220. The quantitative estimate of drug-likeness (QED) is 0.667. The highest BCUT2D eigenvalue weighted by Gasteiger charge is 2.23. The highest BCUT2D eigenvalue weighted by atomic mass is 16.2. The number of hydrogen-bond donors (Lipinski definition) is 0. The highest BCUT2D eigenvalue weighted by Crippen LogP contribution is 2.17. The molecule has 0 saturated heterocycles. The fourth-order valence-corrected chi connectivity index (χ4v) is 1.86. The summed E-state index contributed by atoms with van der Waals surface area (Å²) in [6, 6.07) is 2.13. The van der Waals surface area contributed by atoms with Gasteiger partial charge in [-0.15, -0.1) is 0 Å². The lowest BCUT2D eigenvalue weighted by Gasteiger charge is -2.27. The van der Waals surface area contributed by atoms with Crippen molar-refractivity contribution in [1.29, 1.82) is 5.26 Å². The number of nitrogens with zero attached hydrogens (tertiary/aromatic N) is 2. The molecular formula is C13H24N2O. The number of amides is 1. The monoisotopic (exact) mass is 224 g/mol. The first-order chi connectivity index (χ1) is 7.58. The molecule has 0 bridgehead atoms. The Bertz CT molecular complexity index is 239. The van der Waals surface area contributed by atoms with E-state index in [2.05, 4.69) is 19.9 Å². The largest absolute Gasteiger partial charge is 0.342 e. The van der Waals surface area contributed by atoms with Gasteiger partial charge in [0.15, 0.2) is 0 Å². The second-order valence-corrected chi connectivity index (χ2v) is 4.43. The van der Waals surface area contributed by atoms with Gasteiger partial charge in [-0.05, 0) is 19.8 Å². The van der Waals surface area contributed by atoms with Crippen LogP contribution in [0.2, 0.25) is 0 Å². The van der Waals surface area contributed by atoms with Crippen LogP contribution in [0.1, 0.15) is 52.9 Å². The van der Waals surface area contributed by atoms with E-state index in [-0.39, 0.29) is 17.9 Å². The Labute approximate surface area is 99.4 Å². The van der Waals surface area contributed by atoms with E-state index in [1.807, 2.05) is 14.0 Å². The second kappa shape index (κ2) is 8.15. The van der Waals surface area contributed by atoms with Crippen molar-refractivity contribution in [2.24, 2.45) is 5.92 Å². The number of carbonyl (C=O) groups is 1. The lowest BCUT2D eigenvalue weighted by atomic mass is 9.96. The van der Waals surface area contributed by atoms with Crippen molar-refractivity contribution in [3.8, 4) is 6.07 Å². The molecule has 92 valence electrons. The van der Waals surface area contributed by atoms with Gasteiger partial charge in [0.05, 0.1) is 12.5 Å². The zero-order valence-electron chi connectivity index (χ0n) is 11.0. The molecule has 0 aromatic heterocycles. The molecule has 0 radical (unpaired) electrons. The molecule has 0 aromatic rings. The maximum Gasteiger partial charge on any atom is 0.225 e. The van der Waals surface area contributed by atoms with Crippen molar-refractivity contribution in [2.45, 2.75) is 58.9 Å². The Hall–Kier alpha value is -1.04. The predicted molar refractivity (Wildman–Crippen MR) is 65.8 cm³/mol. The highest BCUT2D eigenvalue weighted by molar-refractivity contribution is 5.78. The lowest BCUT2D eigenvalue weighted by Crippen LogP contribution is -2.39. The SMILES string of the molecule is CCCC(CCC)C(=O)N(C)C(C)CC#N. The average Bonchev–Trinajstić information content (AvgIpc) is 2.27. The molecule has 0 fully saturated rings. The first kappa shape index (κ1) is 15.0. The van der Waals surface area contributed by atoms with Crippen LogP contribution in [0.15, 0.2) is 0 Å². The van der Waals surface area contributed by atoms with Crippen molar-refractivity contribution < 1.29 is 4.79 Å². The van der Waals surface area contributed by atoms with Crippen LogP contribution in [-0.2, 0) is 4.79 Å². The maximum atomic E-state index is 12.2. The maximum absolute atomic E-state index is 12.2. The first-order valence-corrected chi connectivity index (χ1v) is 6.22. The van der Waals surface area contributed by atoms with Gasteiger partial charge in [0.2, 0.25) is 5.91 Å². The molecule has 0 aliphatic carbocycles. The number of nitriles is 1. The molecule has 16 heavy (non-hydrogen) atoms. The lowest BCUT2D eigenvalue weighted by molar-refractivity contribution is -0.136. The Morgan fingerprint density at radius 3 is 2.19 bits per heavy atom. The summed E-state index contributed by atoms with van der Waals surface area (Å²) in [6.07, 6.45) is 4.40. The van der Waals surface area contributed by atoms with E-state index in [4.69, 9.17) is 5.26 Å². The third kappa shape index (κ3) is 4.65. The number of rotatable bonds is 7. The predicted octanol–water partition coefficient (Wildman–Crippen LogP) is 2.96. The van der Waals surface area contributed by atoms with Crippen molar-refractivity contribution in [2.75, 3.05) is 7.05 Å². The van der Waals surface area contributed by atoms with E-state index >= 15 is 0 Å². The second-order valence-electron chi connectivity index (χ2n) is 4.43. The summed E-state index contributed by atoms with van der Waals surface area (Å²) in [7, 11) is 1.81. The van der Waals surface area contributed by atoms with Gasteiger partial charge in [-0.1, -0.05) is 26.7 Å². The zero-order valence-corrected chi connectivity index (χ0v) is 11.0. The molecule has 0 aliphatic heterocycles. The smallest absolute Gasteiger partial charge is 0.225 e. The molecule has 1 unspecified atom stereocenters. The van der Waals surface area contributed by atoms with Crippen LogP contribution in [0.5, 0.6) is 0 Å². The van der Waals surface area contributed by atoms with Crippen molar-refractivity contribution in [3.05, 3.63) is 0 Å². The van der Waals surface area contributed by atoms with Gasteiger partial charge in [0, 0.05) is 19.0 Å². The minimum atomic E-state index is 0.0220. The summed E-state index contributed by atoms with van der Waals surface area (Å²) in [6.45, 7) is 6.14. The van der Waals surface area contributed by atoms with Gasteiger partial charge < -0.3 is 4.90 Å². The van der Waals surface area contributed by atoms with E-state index in [1.54, 1.807) is 4.90 Å². The summed E-state index contributed by atoms with van der Waals surface area (Å²) in [5.41, 5.74) is 0. The van der Waals surface area contributed by atoms with Crippen LogP contribution in [-0.4, -0.2) is 23.9 Å². The van der Waals surface area contributed by atoms with E-state index in [1.165, 1.54) is 0 Å². The van der Waals surface area contributed by atoms with Gasteiger partial charge >= 0.3 is 0 Å². The van der Waals surface area contributed by atoms with E-state index in [0.29, 0.717) is 6.42 Å². The van der Waals surface area contributed by atoms with Crippen molar-refractivity contribution in [3.63, 3.8) is 0 Å².